The number of rotatable bonds is 16. The summed E-state index contributed by atoms with van der Waals surface area (Å²) in [5.41, 5.74) is -1.43. The molecule has 15 fully saturated rings. The maximum Gasteiger partial charge on any atom is 0.312 e. The second-order valence-corrected chi connectivity index (χ2v) is 32.5. The van der Waals surface area contributed by atoms with Gasteiger partial charge in [-0.25, -0.2) is 0 Å². The Morgan fingerprint density at radius 3 is 1.29 bits per heavy atom. The molecule has 23 nitrogen and oxygen atoms in total. The van der Waals surface area contributed by atoms with Gasteiger partial charge in [-0.3, -0.25) is 52.7 Å². The zero-order valence-corrected chi connectivity index (χ0v) is 58.7. The normalized spacial score (nSPS) is 37.5. The number of carbonyl (C=O) groups is 11. The number of fused-ring (bicyclic) bond motifs is 17. The van der Waals surface area contributed by atoms with Crippen molar-refractivity contribution < 1.29 is 110 Å². The molecule has 7 saturated heterocycles. The van der Waals surface area contributed by atoms with Crippen LogP contribution in [0.15, 0.2) is 0 Å². The van der Waals surface area contributed by atoms with Gasteiger partial charge in [-0.2, -0.15) is 0 Å². The van der Waals surface area contributed by atoms with Crippen molar-refractivity contribution in [3.63, 3.8) is 0 Å². The van der Waals surface area contributed by atoms with Crippen LogP contribution in [-0.2, 0) is 110 Å². The third-order valence-electron chi connectivity index (χ3n) is 26.3. The van der Waals surface area contributed by atoms with E-state index in [1.807, 2.05) is 90.0 Å². The van der Waals surface area contributed by atoms with E-state index in [1.165, 1.54) is 7.11 Å². The molecule has 29 unspecified atom stereocenters. The summed E-state index contributed by atoms with van der Waals surface area (Å²) in [4.78, 5) is 131. The van der Waals surface area contributed by atoms with E-state index in [1.54, 1.807) is 0 Å². The predicted molar refractivity (Wildman–Crippen MR) is 402 cm³/mol. The van der Waals surface area contributed by atoms with E-state index in [0.717, 1.165) is 57.8 Å². The Bertz CT molecular complexity index is 3050. The minimum atomic E-state index is -0.593. The molecule has 0 aromatic carbocycles. The van der Waals surface area contributed by atoms with Gasteiger partial charge in [0.2, 0.25) is 0 Å². The molecular formula is C83H144O23. The molecule has 10 bridgehead atoms. The van der Waals surface area contributed by atoms with E-state index in [0.29, 0.717) is 80.5 Å². The highest BCUT2D eigenvalue weighted by atomic mass is 16.7. The minimum absolute atomic E-state index is 0. The third kappa shape index (κ3) is 17.5. The standard InChI is InChI=1S/C16H22O6.C16H24O4.C15H22O4.C14H20O4.C12H16O5.10CH4/c1-5-16(2,3)15(19)22-12-7-6-8-10(9(7)13(17)20-4)14(18)21-11(8)12;1-5-16(3,4)15(18)20-13-8(2)9-6-10(13)11-7-19-14(17)12(9)11;1-4-15(2,3)14(17)19-11-6-8-5-9(11)10-7-18-13(16)12(8)10;1-3-7(2)13(15)18-11-5-8-4-9(11)10-6-17-14(16)12(8)10;1-3-5(2)11(13)16-9-7-4-6-8(15-7)10(9)17-12(6)14;;;;;;;;;;/h7-12H,5-6H2,1-4H3;8-13H,5-7H2,1-4H3;8-12H,4-7H2,1-3H3;7-12H,3-6H2,1-2H3;5-10H,3-4H2,1-2H3;10*1H4. The van der Waals surface area contributed by atoms with E-state index in [-0.39, 0.29) is 236 Å². The number of carbonyl (C=O) groups excluding carboxylic acids is 11. The summed E-state index contributed by atoms with van der Waals surface area (Å²) >= 11 is 0. The number of hydrogen-bond acceptors (Lipinski definition) is 23. The van der Waals surface area contributed by atoms with Crippen LogP contribution in [0, 0.1) is 135 Å². The first-order chi connectivity index (χ1) is 45.3. The van der Waals surface area contributed by atoms with Crippen LogP contribution >= 0.6 is 0 Å². The zero-order chi connectivity index (χ0) is 69.7. The summed E-state index contributed by atoms with van der Waals surface area (Å²) in [6.07, 6.45) is 7.74. The summed E-state index contributed by atoms with van der Waals surface area (Å²) in [6.45, 7) is 28.6. The van der Waals surface area contributed by atoms with E-state index in [4.69, 9.17) is 56.8 Å². The van der Waals surface area contributed by atoms with Crippen molar-refractivity contribution in [3.05, 3.63) is 0 Å². The van der Waals surface area contributed by atoms with Gasteiger partial charge in [0.1, 0.15) is 36.6 Å². The molecule has 106 heavy (non-hydrogen) atoms. The molecule has 23 heteroatoms. The van der Waals surface area contributed by atoms with Crippen LogP contribution < -0.4 is 0 Å². The van der Waals surface area contributed by atoms with Crippen molar-refractivity contribution in [1.29, 1.82) is 0 Å². The van der Waals surface area contributed by atoms with Crippen molar-refractivity contribution in [2.24, 2.45) is 135 Å². The van der Waals surface area contributed by atoms with Gasteiger partial charge in [0, 0.05) is 47.3 Å². The fraction of sp³-hybridized carbons (Fsp3) is 0.867. The van der Waals surface area contributed by atoms with Gasteiger partial charge in [-0.15, -0.1) is 0 Å². The topological polar surface area (TPSA) is 299 Å². The van der Waals surface area contributed by atoms with Crippen LogP contribution in [0.5, 0.6) is 0 Å². The first kappa shape index (κ1) is 98.1. The Hall–Kier alpha value is -5.87. The van der Waals surface area contributed by atoms with Crippen molar-refractivity contribution in [2.75, 3.05) is 26.9 Å². The van der Waals surface area contributed by atoms with E-state index >= 15 is 0 Å². The van der Waals surface area contributed by atoms with Crippen LogP contribution in [0.4, 0.5) is 0 Å². The number of methoxy groups -OCH3 is 1. The molecule has 0 spiro atoms. The third-order valence-corrected chi connectivity index (χ3v) is 26.3. The Kier molecular flexibility index (Phi) is 34.9. The highest BCUT2D eigenvalue weighted by molar-refractivity contribution is 5.87. The first-order valence-corrected chi connectivity index (χ1v) is 36.0. The number of esters is 11. The van der Waals surface area contributed by atoms with Crippen LogP contribution in [0.25, 0.3) is 0 Å². The molecule has 15 aliphatic rings. The first-order valence-electron chi connectivity index (χ1n) is 36.0. The lowest BCUT2D eigenvalue weighted by molar-refractivity contribution is -0.173. The Balaban J connectivity index is 0.000000649. The Morgan fingerprint density at radius 1 is 0.415 bits per heavy atom. The van der Waals surface area contributed by atoms with Gasteiger partial charge in [0.15, 0.2) is 12.2 Å². The number of ether oxygens (including phenoxy) is 12. The fourth-order valence-corrected chi connectivity index (χ4v) is 18.8. The van der Waals surface area contributed by atoms with Crippen LogP contribution in [0.2, 0.25) is 0 Å². The number of cyclic esters (lactones) is 3. The zero-order valence-electron chi connectivity index (χ0n) is 58.7. The van der Waals surface area contributed by atoms with Crippen LogP contribution in [0.3, 0.4) is 0 Å². The van der Waals surface area contributed by atoms with Gasteiger partial charge in [0.25, 0.3) is 0 Å². The molecule has 614 valence electrons. The summed E-state index contributed by atoms with van der Waals surface area (Å²) in [5.74, 6) is 0.0275. The van der Waals surface area contributed by atoms with E-state index in [2.05, 4.69) is 6.92 Å². The van der Waals surface area contributed by atoms with E-state index in [9.17, 15) is 52.7 Å². The maximum absolute atomic E-state index is 12.4. The summed E-state index contributed by atoms with van der Waals surface area (Å²) in [6, 6.07) is 0. The molecule has 7 aliphatic heterocycles. The smallest absolute Gasteiger partial charge is 0.312 e. The van der Waals surface area contributed by atoms with Crippen molar-refractivity contribution in [3.8, 4) is 0 Å². The predicted octanol–water partition coefficient (Wildman–Crippen LogP) is 14.7. The average molecular weight is 1510 g/mol. The van der Waals surface area contributed by atoms with E-state index < -0.39 is 52.4 Å². The lowest BCUT2D eigenvalue weighted by Crippen LogP contribution is -2.45. The molecule has 0 amide bonds. The molecule has 8 aliphatic carbocycles. The SMILES string of the molecule is C.C.C.C.C.C.C.C.C.C.CCC(C)(C)C(=O)OC1C(C)C2CC1C1COC(=O)C21.CCC(C)(C)C(=O)OC1C2CC3C1OC(=O)C3C2C(=O)OC.CCC(C)(C)C(=O)OC1CC2CC1C1COC(=O)C21.CCC(C)C(=O)OC1C2CC3C(=O)OC1C3O2.CCC(C)C(=O)OC1CC2CC1C1COC(=O)C21. The maximum atomic E-state index is 12.4. The van der Waals surface area contributed by atoms with Crippen molar-refractivity contribution in [1.82, 2.24) is 0 Å². The lowest BCUT2D eigenvalue weighted by atomic mass is 9.74. The molecule has 29 atom stereocenters. The Labute approximate surface area is 637 Å². The molecule has 0 aromatic rings. The molecule has 8 saturated carbocycles. The monoisotopic (exact) mass is 1510 g/mol. The highest BCUT2D eigenvalue weighted by Gasteiger charge is 2.71. The van der Waals surface area contributed by atoms with Crippen molar-refractivity contribution >= 4 is 65.7 Å². The van der Waals surface area contributed by atoms with Gasteiger partial charge >= 0.3 is 65.7 Å². The minimum Gasteiger partial charge on any atom is -0.469 e. The second-order valence-electron chi connectivity index (χ2n) is 32.5. The molecule has 0 aromatic heterocycles. The molecular weight excluding hydrogens is 1360 g/mol. The average Bonchev–Trinajstić information content (AvgIpc) is 1.69. The molecule has 0 N–H and O–H groups in total. The second kappa shape index (κ2) is 37.7. The van der Waals surface area contributed by atoms with Crippen molar-refractivity contribution in [2.45, 2.75) is 303 Å². The summed E-state index contributed by atoms with van der Waals surface area (Å²) < 4.78 is 65.0. The van der Waals surface area contributed by atoms with Crippen LogP contribution in [-0.4, -0.2) is 148 Å². The lowest BCUT2D eigenvalue weighted by Gasteiger charge is -2.35. The van der Waals surface area contributed by atoms with Gasteiger partial charge in [0.05, 0.1) is 96.6 Å². The summed E-state index contributed by atoms with van der Waals surface area (Å²) in [7, 11) is 1.31. The number of hydrogen-bond donors (Lipinski definition) is 0. The highest BCUT2D eigenvalue weighted by Crippen LogP contribution is 2.62. The van der Waals surface area contributed by atoms with Gasteiger partial charge in [-0.05, 0) is 142 Å². The Morgan fingerprint density at radius 2 is 0.830 bits per heavy atom. The molecule has 7 heterocycles. The quantitative estimate of drug-likeness (QED) is 0.102. The van der Waals surface area contributed by atoms with Gasteiger partial charge in [-0.1, -0.05) is 130 Å². The molecule has 15 rings (SSSR count). The largest absolute Gasteiger partial charge is 0.469 e. The van der Waals surface area contributed by atoms with Gasteiger partial charge < -0.3 is 56.8 Å². The fourth-order valence-electron chi connectivity index (χ4n) is 18.8. The summed E-state index contributed by atoms with van der Waals surface area (Å²) in [5, 5.41) is 0. The van der Waals surface area contributed by atoms with Crippen LogP contribution in [0.1, 0.15) is 248 Å². The molecule has 0 radical (unpaired) electrons.